The van der Waals surface area contributed by atoms with Gasteiger partial charge in [-0.25, -0.2) is 4.79 Å². The predicted octanol–water partition coefficient (Wildman–Crippen LogP) is 2.09. The number of hydrogen-bond donors (Lipinski definition) is 2. The highest BCUT2D eigenvalue weighted by Gasteiger charge is 2.14. The molecule has 0 amide bonds. The third-order valence-electron chi connectivity index (χ3n) is 1.86. The first-order valence-electron chi connectivity index (χ1n) is 4.46. The number of aryl methyl sites for hydroxylation is 1. The van der Waals surface area contributed by atoms with Gasteiger partial charge in [-0.05, 0) is 28.9 Å². The highest BCUT2D eigenvalue weighted by Crippen LogP contribution is 2.30. The van der Waals surface area contributed by atoms with E-state index in [1.165, 1.54) is 12.1 Å². The molecule has 0 saturated carbocycles. The number of halogens is 1. The number of rotatable bonds is 5. The molecule has 0 aliphatic heterocycles. The summed E-state index contributed by atoms with van der Waals surface area (Å²) in [4.78, 5) is 25.0. The molecular formula is C9H9BrN2O5. The van der Waals surface area contributed by atoms with E-state index in [0.29, 0.717) is 15.7 Å². The van der Waals surface area contributed by atoms with Gasteiger partial charge >= 0.3 is 5.97 Å². The van der Waals surface area contributed by atoms with E-state index >= 15 is 0 Å². The van der Waals surface area contributed by atoms with Gasteiger partial charge in [-0.2, -0.15) is 0 Å². The molecule has 0 saturated heterocycles. The maximum absolute atomic E-state index is 10.6. The van der Waals surface area contributed by atoms with Crippen LogP contribution < -0.4 is 5.48 Å². The van der Waals surface area contributed by atoms with Crippen molar-refractivity contribution in [2.24, 2.45) is 0 Å². The van der Waals surface area contributed by atoms with Crippen molar-refractivity contribution in [3.05, 3.63) is 32.3 Å². The van der Waals surface area contributed by atoms with Crippen LogP contribution in [0.3, 0.4) is 0 Å². The number of hydrogen-bond acceptors (Lipinski definition) is 5. The number of aliphatic carboxylic acids is 1. The van der Waals surface area contributed by atoms with Crippen molar-refractivity contribution in [2.45, 2.75) is 6.92 Å². The molecule has 2 N–H and O–H groups in total. The number of carboxylic acids is 1. The Bertz CT molecular complexity index is 463. The summed E-state index contributed by atoms with van der Waals surface area (Å²) < 4.78 is 0.417. The third kappa shape index (κ3) is 3.68. The topological polar surface area (TPSA) is 102 Å². The van der Waals surface area contributed by atoms with E-state index in [4.69, 9.17) is 5.11 Å². The van der Waals surface area contributed by atoms with E-state index in [-0.39, 0.29) is 5.69 Å². The molecular weight excluding hydrogens is 296 g/mol. The molecule has 0 radical (unpaired) electrons. The van der Waals surface area contributed by atoms with Crippen molar-refractivity contribution in [2.75, 3.05) is 12.1 Å². The van der Waals surface area contributed by atoms with Gasteiger partial charge in [0.05, 0.1) is 10.6 Å². The summed E-state index contributed by atoms with van der Waals surface area (Å²) in [5.74, 6) is -1.12. The number of carboxylic acid groups (broad SMARTS) is 1. The van der Waals surface area contributed by atoms with Gasteiger partial charge in [-0.15, -0.1) is 0 Å². The van der Waals surface area contributed by atoms with Crippen molar-refractivity contribution >= 4 is 33.3 Å². The lowest BCUT2D eigenvalue weighted by Crippen LogP contribution is -2.11. The van der Waals surface area contributed by atoms with E-state index in [1.807, 2.05) is 0 Å². The minimum Gasteiger partial charge on any atom is -0.479 e. The second kappa shape index (κ2) is 5.60. The molecule has 8 heteroatoms. The molecule has 1 rings (SSSR count). The number of benzene rings is 1. The number of nitro groups is 1. The maximum atomic E-state index is 10.6. The Morgan fingerprint density at radius 3 is 2.82 bits per heavy atom. The van der Waals surface area contributed by atoms with Crippen molar-refractivity contribution in [1.29, 1.82) is 0 Å². The Balaban J connectivity index is 2.84. The van der Waals surface area contributed by atoms with Gasteiger partial charge in [0.25, 0.3) is 5.69 Å². The van der Waals surface area contributed by atoms with Crippen molar-refractivity contribution in [1.82, 2.24) is 0 Å². The van der Waals surface area contributed by atoms with E-state index < -0.39 is 17.5 Å². The van der Waals surface area contributed by atoms with E-state index in [0.717, 1.165) is 0 Å². The Kier molecular flexibility index (Phi) is 4.41. The summed E-state index contributed by atoms with van der Waals surface area (Å²) in [6, 6.07) is 2.81. The second-order valence-electron chi connectivity index (χ2n) is 3.16. The molecule has 0 bridgehead atoms. The van der Waals surface area contributed by atoms with Crippen LogP contribution >= 0.6 is 15.9 Å². The van der Waals surface area contributed by atoms with Crippen molar-refractivity contribution < 1.29 is 19.7 Å². The monoisotopic (exact) mass is 304 g/mol. The van der Waals surface area contributed by atoms with Gasteiger partial charge < -0.3 is 5.11 Å². The Morgan fingerprint density at radius 1 is 1.65 bits per heavy atom. The van der Waals surface area contributed by atoms with E-state index in [1.54, 1.807) is 6.92 Å². The summed E-state index contributed by atoms with van der Waals surface area (Å²) in [5.41, 5.74) is 3.24. The van der Waals surface area contributed by atoms with Gasteiger partial charge in [-0.3, -0.25) is 20.4 Å². The van der Waals surface area contributed by atoms with Crippen LogP contribution in [0.25, 0.3) is 0 Å². The molecule has 0 heterocycles. The third-order valence-corrected chi connectivity index (χ3v) is 2.52. The molecule has 0 spiro atoms. The van der Waals surface area contributed by atoms with Gasteiger partial charge in [0.1, 0.15) is 0 Å². The molecule has 0 aromatic heterocycles. The quantitative estimate of drug-likeness (QED) is 0.638. The smallest absolute Gasteiger partial charge is 0.332 e. The molecule has 17 heavy (non-hydrogen) atoms. The molecule has 92 valence electrons. The Labute approximate surface area is 105 Å². The number of anilines is 1. The number of nitrogens with one attached hydrogen (secondary N) is 1. The summed E-state index contributed by atoms with van der Waals surface area (Å²) >= 11 is 3.12. The lowest BCUT2D eigenvalue weighted by atomic mass is 10.2. The molecule has 0 fully saturated rings. The van der Waals surface area contributed by atoms with Crippen LogP contribution in [0.2, 0.25) is 0 Å². The van der Waals surface area contributed by atoms with Crippen LogP contribution in [0.15, 0.2) is 16.6 Å². The minimum atomic E-state index is -1.12. The van der Waals surface area contributed by atoms with Gasteiger partial charge in [-0.1, -0.05) is 0 Å². The first kappa shape index (κ1) is 13.4. The Morgan fingerprint density at radius 2 is 2.29 bits per heavy atom. The molecule has 1 aromatic carbocycles. The van der Waals surface area contributed by atoms with Crippen LogP contribution in [-0.2, 0) is 9.63 Å². The largest absolute Gasteiger partial charge is 0.479 e. The zero-order valence-electron chi connectivity index (χ0n) is 8.77. The lowest BCUT2D eigenvalue weighted by Gasteiger charge is -2.08. The summed E-state index contributed by atoms with van der Waals surface area (Å²) in [7, 11) is 0. The second-order valence-corrected chi connectivity index (χ2v) is 4.01. The lowest BCUT2D eigenvalue weighted by molar-refractivity contribution is -0.385. The SMILES string of the molecule is Cc1cc(NOCC(=O)O)c(Br)cc1[N+](=O)[O-]. The zero-order chi connectivity index (χ0) is 13.0. The average molecular weight is 305 g/mol. The summed E-state index contributed by atoms with van der Waals surface area (Å²) in [6.07, 6.45) is 0. The normalized spacial score (nSPS) is 10.0. The molecule has 7 nitrogen and oxygen atoms in total. The van der Waals surface area contributed by atoms with Crippen molar-refractivity contribution in [3.8, 4) is 0 Å². The number of carbonyl (C=O) groups is 1. The molecule has 0 atom stereocenters. The van der Waals surface area contributed by atoms with E-state index in [9.17, 15) is 14.9 Å². The fraction of sp³-hybridized carbons (Fsp3) is 0.222. The van der Waals surface area contributed by atoms with Crippen molar-refractivity contribution in [3.63, 3.8) is 0 Å². The standard InChI is InChI=1S/C9H9BrN2O5/c1-5-2-7(11-17-4-9(13)14)6(10)3-8(5)12(15)16/h2-3,11H,4H2,1H3,(H,13,14). The zero-order valence-corrected chi connectivity index (χ0v) is 10.4. The van der Waals surface area contributed by atoms with Crippen LogP contribution in [-0.4, -0.2) is 22.6 Å². The molecule has 0 aliphatic carbocycles. The van der Waals surface area contributed by atoms with Gasteiger partial charge in [0, 0.05) is 16.1 Å². The Hall–Kier alpha value is -1.67. The van der Waals surface area contributed by atoms with Crippen LogP contribution in [0.5, 0.6) is 0 Å². The van der Waals surface area contributed by atoms with E-state index in [2.05, 4.69) is 26.2 Å². The summed E-state index contributed by atoms with van der Waals surface area (Å²) in [5, 5.41) is 19.0. The van der Waals surface area contributed by atoms with Gasteiger partial charge in [0.15, 0.2) is 6.61 Å². The predicted molar refractivity (Wildman–Crippen MR) is 62.7 cm³/mol. The summed E-state index contributed by atoms with van der Waals surface area (Å²) in [6.45, 7) is 1.06. The highest BCUT2D eigenvalue weighted by atomic mass is 79.9. The van der Waals surface area contributed by atoms with Gasteiger partial charge in [0.2, 0.25) is 0 Å². The van der Waals surface area contributed by atoms with Crippen LogP contribution in [0, 0.1) is 17.0 Å². The highest BCUT2D eigenvalue weighted by molar-refractivity contribution is 9.10. The first-order valence-corrected chi connectivity index (χ1v) is 5.25. The molecule has 0 aliphatic rings. The van der Waals surface area contributed by atoms with Crippen LogP contribution in [0.4, 0.5) is 11.4 Å². The first-order chi connectivity index (χ1) is 7.91. The molecule has 0 unspecified atom stereocenters. The molecule has 1 aromatic rings. The fourth-order valence-corrected chi connectivity index (χ4v) is 1.53. The maximum Gasteiger partial charge on any atom is 0.332 e. The number of nitrogens with zero attached hydrogens (tertiary/aromatic N) is 1. The fourth-order valence-electron chi connectivity index (χ4n) is 1.12. The van der Waals surface area contributed by atoms with Crippen LogP contribution in [0.1, 0.15) is 5.56 Å². The average Bonchev–Trinajstić information content (AvgIpc) is 2.21. The minimum absolute atomic E-state index is 0.0272. The number of nitro benzene ring substituents is 1.